The molecule has 0 atom stereocenters. The summed E-state index contributed by atoms with van der Waals surface area (Å²) in [6.07, 6.45) is -4.36. The van der Waals surface area contributed by atoms with Crippen LogP contribution >= 0.6 is 0 Å². The van der Waals surface area contributed by atoms with Crippen molar-refractivity contribution in [1.29, 1.82) is 0 Å². The topological polar surface area (TPSA) is 38.0 Å². The Labute approximate surface area is 92.6 Å². The number of hydrogen-bond donors (Lipinski definition) is 2. The Morgan fingerprint density at radius 1 is 1.31 bits per heavy atom. The molecule has 0 aliphatic rings. The Hall–Kier alpha value is -1.23. The summed E-state index contributed by atoms with van der Waals surface area (Å²) in [6, 6.07) is 4.06. The maximum atomic E-state index is 12.7. The van der Waals surface area contributed by atoms with Gasteiger partial charge in [-0.15, -0.1) is 0 Å². The lowest BCUT2D eigenvalue weighted by Crippen LogP contribution is -2.16. The van der Waals surface area contributed by atoms with Gasteiger partial charge in [0.2, 0.25) is 0 Å². The molecular weight excluding hydrogens is 217 g/mol. The highest BCUT2D eigenvalue weighted by Gasteiger charge is 2.33. The number of alkyl halides is 3. The molecule has 0 bridgehead atoms. The summed E-state index contributed by atoms with van der Waals surface area (Å²) >= 11 is 0. The highest BCUT2D eigenvalue weighted by molar-refractivity contribution is 5.54. The number of anilines is 1. The number of benzene rings is 1. The largest absolute Gasteiger partial charge is 0.418 e. The third kappa shape index (κ3) is 3.13. The highest BCUT2D eigenvalue weighted by Crippen LogP contribution is 2.35. The van der Waals surface area contributed by atoms with Crippen molar-refractivity contribution in [3.8, 4) is 0 Å². The van der Waals surface area contributed by atoms with E-state index in [1.54, 1.807) is 19.9 Å². The molecule has 1 rings (SSSR count). The molecule has 0 spiro atoms. The number of nitrogens with one attached hydrogen (secondary N) is 1. The molecule has 0 saturated heterocycles. The summed E-state index contributed by atoms with van der Waals surface area (Å²) in [5.74, 6) is 0. The van der Waals surface area contributed by atoms with E-state index in [9.17, 15) is 13.2 Å². The van der Waals surface area contributed by atoms with Crippen LogP contribution in [-0.4, -0.2) is 6.04 Å². The zero-order valence-electron chi connectivity index (χ0n) is 9.23. The monoisotopic (exact) mass is 232 g/mol. The van der Waals surface area contributed by atoms with Gasteiger partial charge in [0.05, 0.1) is 5.56 Å². The lowest BCUT2D eigenvalue weighted by atomic mass is 10.1. The van der Waals surface area contributed by atoms with Crippen LogP contribution in [0.5, 0.6) is 0 Å². The summed E-state index contributed by atoms with van der Waals surface area (Å²) < 4.78 is 38.2. The molecular formula is C11H15F3N2. The van der Waals surface area contributed by atoms with Crippen LogP contribution in [0.2, 0.25) is 0 Å². The van der Waals surface area contributed by atoms with Gasteiger partial charge in [-0.25, -0.2) is 0 Å². The Bertz CT molecular complexity index is 359. The van der Waals surface area contributed by atoms with Crippen LogP contribution in [0.4, 0.5) is 18.9 Å². The Morgan fingerprint density at radius 2 is 1.94 bits per heavy atom. The number of halogens is 3. The predicted octanol–water partition coefficient (Wildman–Crippen LogP) is 2.98. The molecule has 0 radical (unpaired) electrons. The van der Waals surface area contributed by atoms with E-state index in [0.29, 0.717) is 5.56 Å². The van der Waals surface area contributed by atoms with E-state index in [4.69, 9.17) is 5.73 Å². The van der Waals surface area contributed by atoms with Crippen LogP contribution in [0, 0.1) is 0 Å². The zero-order valence-corrected chi connectivity index (χ0v) is 9.23. The van der Waals surface area contributed by atoms with Crippen molar-refractivity contribution in [3.05, 3.63) is 29.3 Å². The molecule has 0 amide bonds. The van der Waals surface area contributed by atoms with Crippen LogP contribution in [0.1, 0.15) is 25.0 Å². The number of rotatable bonds is 3. The van der Waals surface area contributed by atoms with E-state index in [1.165, 1.54) is 6.07 Å². The van der Waals surface area contributed by atoms with E-state index in [-0.39, 0.29) is 18.3 Å². The van der Waals surface area contributed by atoms with Gasteiger partial charge >= 0.3 is 6.18 Å². The first-order chi connectivity index (χ1) is 7.34. The molecule has 0 aliphatic carbocycles. The van der Waals surface area contributed by atoms with E-state index in [0.717, 1.165) is 6.07 Å². The van der Waals surface area contributed by atoms with Crippen LogP contribution < -0.4 is 11.1 Å². The van der Waals surface area contributed by atoms with Crippen molar-refractivity contribution in [1.82, 2.24) is 0 Å². The van der Waals surface area contributed by atoms with Crippen molar-refractivity contribution in [2.45, 2.75) is 32.6 Å². The number of hydrogen-bond acceptors (Lipinski definition) is 2. The van der Waals surface area contributed by atoms with Crippen molar-refractivity contribution < 1.29 is 13.2 Å². The van der Waals surface area contributed by atoms with Gasteiger partial charge < -0.3 is 11.1 Å². The standard InChI is InChI=1S/C11H15F3N2/c1-7(2)16-10-4-3-8(6-15)5-9(10)11(12,13)14/h3-5,7,16H,6,15H2,1-2H3. The minimum absolute atomic E-state index is 0.0511. The van der Waals surface area contributed by atoms with Gasteiger partial charge in [0.15, 0.2) is 0 Å². The highest BCUT2D eigenvalue weighted by atomic mass is 19.4. The van der Waals surface area contributed by atoms with E-state index in [1.807, 2.05) is 0 Å². The molecule has 0 aromatic heterocycles. The Morgan fingerprint density at radius 3 is 2.38 bits per heavy atom. The molecule has 0 fully saturated rings. The van der Waals surface area contributed by atoms with Crippen molar-refractivity contribution >= 4 is 5.69 Å². The first-order valence-corrected chi connectivity index (χ1v) is 5.01. The lowest BCUT2D eigenvalue weighted by molar-refractivity contribution is -0.137. The molecule has 0 aliphatic heterocycles. The molecule has 1 aromatic carbocycles. The minimum Gasteiger partial charge on any atom is -0.382 e. The molecule has 0 heterocycles. The van der Waals surface area contributed by atoms with Gasteiger partial charge in [-0.1, -0.05) is 6.07 Å². The second-order valence-electron chi connectivity index (χ2n) is 3.88. The quantitative estimate of drug-likeness (QED) is 0.840. The molecule has 3 N–H and O–H groups in total. The smallest absolute Gasteiger partial charge is 0.382 e. The van der Waals surface area contributed by atoms with Gasteiger partial charge in [-0.05, 0) is 31.5 Å². The Kier molecular flexibility index (Phi) is 3.80. The summed E-state index contributed by atoms with van der Waals surface area (Å²) in [5.41, 5.74) is 5.23. The molecule has 0 saturated carbocycles. The molecule has 2 nitrogen and oxygen atoms in total. The second kappa shape index (κ2) is 4.74. The van der Waals surface area contributed by atoms with Gasteiger partial charge in [-0.2, -0.15) is 13.2 Å². The second-order valence-corrected chi connectivity index (χ2v) is 3.88. The first-order valence-electron chi connectivity index (χ1n) is 5.01. The third-order valence-corrected chi connectivity index (χ3v) is 2.07. The van der Waals surface area contributed by atoms with Gasteiger partial charge in [0.1, 0.15) is 0 Å². The predicted molar refractivity (Wildman–Crippen MR) is 58.1 cm³/mol. The van der Waals surface area contributed by atoms with E-state index >= 15 is 0 Å². The average Bonchev–Trinajstić information content (AvgIpc) is 2.15. The van der Waals surface area contributed by atoms with Crippen LogP contribution in [0.15, 0.2) is 18.2 Å². The maximum absolute atomic E-state index is 12.7. The summed E-state index contributed by atoms with van der Waals surface area (Å²) in [7, 11) is 0. The fraction of sp³-hybridized carbons (Fsp3) is 0.455. The van der Waals surface area contributed by atoms with Gasteiger partial charge in [-0.3, -0.25) is 0 Å². The lowest BCUT2D eigenvalue weighted by Gasteiger charge is -2.17. The summed E-state index contributed by atoms with van der Waals surface area (Å²) in [5, 5.41) is 2.77. The number of nitrogens with two attached hydrogens (primary N) is 1. The molecule has 16 heavy (non-hydrogen) atoms. The SMILES string of the molecule is CC(C)Nc1ccc(CN)cc1C(F)(F)F. The maximum Gasteiger partial charge on any atom is 0.418 e. The van der Waals surface area contributed by atoms with E-state index < -0.39 is 11.7 Å². The molecule has 5 heteroatoms. The Balaban J connectivity index is 3.17. The minimum atomic E-state index is -4.36. The third-order valence-electron chi connectivity index (χ3n) is 2.07. The van der Waals surface area contributed by atoms with Gasteiger partial charge in [0.25, 0.3) is 0 Å². The zero-order chi connectivity index (χ0) is 12.3. The van der Waals surface area contributed by atoms with Gasteiger partial charge in [0, 0.05) is 18.3 Å². The van der Waals surface area contributed by atoms with E-state index in [2.05, 4.69) is 5.32 Å². The van der Waals surface area contributed by atoms with Crippen molar-refractivity contribution in [2.75, 3.05) is 5.32 Å². The molecule has 1 aromatic rings. The molecule has 90 valence electrons. The fourth-order valence-corrected chi connectivity index (χ4v) is 1.39. The summed E-state index contributed by atoms with van der Waals surface area (Å²) in [6.45, 7) is 3.68. The van der Waals surface area contributed by atoms with Crippen molar-refractivity contribution in [3.63, 3.8) is 0 Å². The van der Waals surface area contributed by atoms with Crippen LogP contribution in [0.3, 0.4) is 0 Å². The fourth-order valence-electron chi connectivity index (χ4n) is 1.39. The summed E-state index contributed by atoms with van der Waals surface area (Å²) in [4.78, 5) is 0. The average molecular weight is 232 g/mol. The first kappa shape index (κ1) is 12.8. The van der Waals surface area contributed by atoms with Crippen molar-refractivity contribution in [2.24, 2.45) is 5.73 Å². The normalized spacial score (nSPS) is 11.9. The van der Waals surface area contributed by atoms with Crippen LogP contribution in [0.25, 0.3) is 0 Å². The molecule has 0 unspecified atom stereocenters. The van der Waals surface area contributed by atoms with Crippen LogP contribution in [-0.2, 0) is 12.7 Å².